The molecule has 3 nitrogen and oxygen atoms in total. The maximum absolute atomic E-state index is 13.7. The Bertz CT molecular complexity index is 302. The molecule has 1 fully saturated rings. The Morgan fingerprint density at radius 2 is 2.46 bits per heavy atom. The number of hydrogen-bond acceptors (Lipinski definition) is 2. The van der Waals surface area contributed by atoms with Crippen molar-refractivity contribution in [3.63, 3.8) is 0 Å². The highest BCUT2D eigenvalue weighted by atomic mass is 19.1. The Hall–Kier alpha value is -0.900. The summed E-state index contributed by atoms with van der Waals surface area (Å²) < 4.78 is 15.4. The standard InChI is InChI=1S/C9H14FN3/c1-13-6-7(5-12-13)2-9(10)3-8(11)4-9/h5-6,8H,2-4,11H2,1H3. The van der Waals surface area contributed by atoms with Gasteiger partial charge < -0.3 is 5.73 Å². The van der Waals surface area contributed by atoms with Gasteiger partial charge in [0.15, 0.2) is 0 Å². The van der Waals surface area contributed by atoms with Crippen molar-refractivity contribution in [2.24, 2.45) is 12.8 Å². The first-order chi connectivity index (χ1) is 6.07. The van der Waals surface area contributed by atoms with Crippen molar-refractivity contribution >= 4 is 0 Å². The van der Waals surface area contributed by atoms with Crippen molar-refractivity contribution in [3.8, 4) is 0 Å². The molecule has 13 heavy (non-hydrogen) atoms. The van der Waals surface area contributed by atoms with Crippen LogP contribution in [0.1, 0.15) is 18.4 Å². The van der Waals surface area contributed by atoms with Crippen molar-refractivity contribution in [2.45, 2.75) is 31.0 Å². The Kier molecular flexibility index (Phi) is 1.87. The third-order valence-electron chi connectivity index (χ3n) is 2.54. The summed E-state index contributed by atoms with van der Waals surface area (Å²) >= 11 is 0. The number of nitrogens with two attached hydrogens (primary N) is 1. The second-order valence-corrected chi connectivity index (χ2v) is 4.02. The van der Waals surface area contributed by atoms with Crippen LogP contribution in [0.4, 0.5) is 4.39 Å². The van der Waals surface area contributed by atoms with Gasteiger partial charge in [0.1, 0.15) is 5.67 Å². The van der Waals surface area contributed by atoms with E-state index in [1.165, 1.54) is 0 Å². The van der Waals surface area contributed by atoms with E-state index in [0.29, 0.717) is 19.3 Å². The van der Waals surface area contributed by atoms with Crippen LogP contribution in [-0.4, -0.2) is 21.5 Å². The zero-order valence-corrected chi connectivity index (χ0v) is 7.70. The first-order valence-electron chi connectivity index (χ1n) is 4.49. The lowest BCUT2D eigenvalue weighted by molar-refractivity contribution is 0.0444. The molecule has 0 atom stereocenters. The van der Waals surface area contributed by atoms with E-state index in [9.17, 15) is 4.39 Å². The Morgan fingerprint density at radius 3 is 2.92 bits per heavy atom. The van der Waals surface area contributed by atoms with Crippen molar-refractivity contribution in [1.29, 1.82) is 0 Å². The molecule has 0 aliphatic heterocycles. The van der Waals surface area contributed by atoms with E-state index in [2.05, 4.69) is 5.10 Å². The highest BCUT2D eigenvalue weighted by molar-refractivity contribution is 5.12. The highest BCUT2D eigenvalue weighted by Crippen LogP contribution is 2.37. The molecule has 1 aliphatic rings. The average molecular weight is 183 g/mol. The molecule has 1 aromatic rings. The summed E-state index contributed by atoms with van der Waals surface area (Å²) in [6.45, 7) is 0. The monoisotopic (exact) mass is 183 g/mol. The van der Waals surface area contributed by atoms with Gasteiger partial charge in [-0.05, 0) is 18.4 Å². The molecule has 1 saturated carbocycles. The molecule has 1 aromatic heterocycles. The van der Waals surface area contributed by atoms with Crippen molar-refractivity contribution in [3.05, 3.63) is 18.0 Å². The molecule has 72 valence electrons. The van der Waals surface area contributed by atoms with Crippen molar-refractivity contribution in [2.75, 3.05) is 0 Å². The molecule has 0 unspecified atom stereocenters. The zero-order valence-electron chi connectivity index (χ0n) is 7.70. The van der Waals surface area contributed by atoms with Crippen molar-refractivity contribution in [1.82, 2.24) is 9.78 Å². The van der Waals surface area contributed by atoms with Gasteiger partial charge in [-0.3, -0.25) is 4.68 Å². The van der Waals surface area contributed by atoms with Crippen molar-refractivity contribution < 1.29 is 4.39 Å². The predicted molar refractivity (Wildman–Crippen MR) is 48.0 cm³/mol. The first-order valence-corrected chi connectivity index (χ1v) is 4.49. The Labute approximate surface area is 76.7 Å². The number of hydrogen-bond donors (Lipinski definition) is 1. The van der Waals surface area contributed by atoms with Gasteiger partial charge in [-0.15, -0.1) is 0 Å². The average Bonchev–Trinajstić information content (AvgIpc) is 2.32. The zero-order chi connectivity index (χ0) is 9.47. The van der Waals surface area contributed by atoms with Crippen LogP contribution in [0.15, 0.2) is 12.4 Å². The van der Waals surface area contributed by atoms with Crippen LogP contribution in [0.5, 0.6) is 0 Å². The lowest BCUT2D eigenvalue weighted by Crippen LogP contribution is -2.49. The van der Waals surface area contributed by atoms with Crippen LogP contribution in [0.25, 0.3) is 0 Å². The summed E-state index contributed by atoms with van der Waals surface area (Å²) in [6, 6.07) is 0.0571. The minimum absolute atomic E-state index is 0.0571. The number of aryl methyl sites for hydroxylation is 1. The number of alkyl halides is 1. The smallest absolute Gasteiger partial charge is 0.118 e. The summed E-state index contributed by atoms with van der Waals surface area (Å²) in [4.78, 5) is 0. The largest absolute Gasteiger partial charge is 0.327 e. The summed E-state index contributed by atoms with van der Waals surface area (Å²) in [5.41, 5.74) is 5.44. The topological polar surface area (TPSA) is 43.8 Å². The van der Waals surface area contributed by atoms with Gasteiger partial charge in [-0.1, -0.05) is 0 Å². The molecule has 0 amide bonds. The lowest BCUT2D eigenvalue weighted by Gasteiger charge is -2.39. The molecule has 1 heterocycles. The summed E-state index contributed by atoms with van der Waals surface area (Å²) in [5.74, 6) is 0. The van der Waals surface area contributed by atoms with Gasteiger partial charge in [0, 0.05) is 25.7 Å². The second-order valence-electron chi connectivity index (χ2n) is 4.02. The first kappa shape index (κ1) is 8.69. The SMILES string of the molecule is Cn1cc(CC2(F)CC(N)C2)cn1. The van der Waals surface area contributed by atoms with Gasteiger partial charge in [-0.25, -0.2) is 4.39 Å². The van der Waals surface area contributed by atoms with E-state index in [1.54, 1.807) is 10.9 Å². The number of nitrogens with zero attached hydrogens (tertiary/aromatic N) is 2. The molecule has 0 aromatic carbocycles. The number of halogens is 1. The third-order valence-corrected chi connectivity index (χ3v) is 2.54. The van der Waals surface area contributed by atoms with Crippen LogP contribution in [0.3, 0.4) is 0 Å². The quantitative estimate of drug-likeness (QED) is 0.736. The summed E-state index contributed by atoms with van der Waals surface area (Å²) in [7, 11) is 1.83. The molecule has 0 radical (unpaired) electrons. The van der Waals surface area contributed by atoms with E-state index >= 15 is 0 Å². The molecule has 2 rings (SSSR count). The number of rotatable bonds is 2. The summed E-state index contributed by atoms with van der Waals surface area (Å²) in [6.07, 6.45) is 4.99. The van der Waals surface area contributed by atoms with E-state index in [1.807, 2.05) is 13.2 Å². The Balaban J connectivity index is 1.99. The molecule has 1 aliphatic carbocycles. The van der Waals surface area contributed by atoms with E-state index in [0.717, 1.165) is 5.56 Å². The molecular formula is C9H14FN3. The van der Waals surface area contributed by atoms with E-state index < -0.39 is 5.67 Å². The molecule has 0 spiro atoms. The fraction of sp³-hybridized carbons (Fsp3) is 0.667. The molecule has 2 N–H and O–H groups in total. The fourth-order valence-electron chi connectivity index (χ4n) is 1.95. The van der Waals surface area contributed by atoms with Gasteiger partial charge in [0.05, 0.1) is 6.20 Å². The van der Waals surface area contributed by atoms with Crippen LogP contribution >= 0.6 is 0 Å². The fourth-order valence-corrected chi connectivity index (χ4v) is 1.95. The van der Waals surface area contributed by atoms with Crippen LogP contribution < -0.4 is 5.73 Å². The van der Waals surface area contributed by atoms with Gasteiger partial charge in [0.25, 0.3) is 0 Å². The normalized spacial score (nSPS) is 33.0. The maximum Gasteiger partial charge on any atom is 0.118 e. The third kappa shape index (κ3) is 1.72. The minimum atomic E-state index is -1.07. The molecular weight excluding hydrogens is 169 g/mol. The Morgan fingerprint density at radius 1 is 1.77 bits per heavy atom. The van der Waals surface area contributed by atoms with Gasteiger partial charge >= 0.3 is 0 Å². The van der Waals surface area contributed by atoms with Crippen LogP contribution in [-0.2, 0) is 13.5 Å². The summed E-state index contributed by atoms with van der Waals surface area (Å²) in [5, 5.41) is 4.00. The molecule has 0 bridgehead atoms. The minimum Gasteiger partial charge on any atom is -0.327 e. The number of aromatic nitrogens is 2. The highest BCUT2D eigenvalue weighted by Gasteiger charge is 2.42. The van der Waals surface area contributed by atoms with E-state index in [4.69, 9.17) is 5.73 Å². The maximum atomic E-state index is 13.7. The van der Waals surface area contributed by atoms with Crippen LogP contribution in [0.2, 0.25) is 0 Å². The predicted octanol–water partition coefficient (Wildman–Crippen LogP) is 0.792. The van der Waals surface area contributed by atoms with Gasteiger partial charge in [0.2, 0.25) is 0 Å². The van der Waals surface area contributed by atoms with Crippen LogP contribution in [0, 0.1) is 0 Å². The molecule has 0 saturated heterocycles. The second kappa shape index (κ2) is 2.80. The molecule has 4 heteroatoms. The van der Waals surface area contributed by atoms with Gasteiger partial charge in [-0.2, -0.15) is 5.10 Å². The van der Waals surface area contributed by atoms with E-state index in [-0.39, 0.29) is 6.04 Å². The lowest BCUT2D eigenvalue weighted by atomic mass is 9.74.